The van der Waals surface area contributed by atoms with Gasteiger partial charge < -0.3 is 4.90 Å². The van der Waals surface area contributed by atoms with Crippen LogP contribution in [0.25, 0.3) is 0 Å². The summed E-state index contributed by atoms with van der Waals surface area (Å²) in [7, 11) is 0. The van der Waals surface area contributed by atoms with Gasteiger partial charge in [-0.25, -0.2) is 4.90 Å². The summed E-state index contributed by atoms with van der Waals surface area (Å²) in [5, 5.41) is 0.734. The van der Waals surface area contributed by atoms with Gasteiger partial charge in [-0.2, -0.15) is 0 Å². The van der Waals surface area contributed by atoms with E-state index in [0.29, 0.717) is 21.3 Å². The van der Waals surface area contributed by atoms with E-state index in [-0.39, 0.29) is 16.8 Å². The Morgan fingerprint density at radius 3 is 2.17 bits per heavy atom. The van der Waals surface area contributed by atoms with Crippen LogP contribution in [-0.4, -0.2) is 29.8 Å². The number of likely N-dealkylation sites (tertiary alicyclic amines) is 1. The maximum absolute atomic E-state index is 13.5. The molecule has 2 aromatic carbocycles. The van der Waals surface area contributed by atoms with Crippen molar-refractivity contribution in [3.63, 3.8) is 0 Å². The van der Waals surface area contributed by atoms with Crippen molar-refractivity contribution in [3.8, 4) is 0 Å². The first-order valence-electron chi connectivity index (χ1n) is 9.62. The van der Waals surface area contributed by atoms with Crippen molar-refractivity contribution in [2.75, 3.05) is 18.0 Å². The molecule has 0 unspecified atom stereocenters. The highest BCUT2D eigenvalue weighted by Gasteiger charge is 2.43. The number of carbonyl (C=O) groups is 2. The molecule has 150 valence electrons. The summed E-state index contributed by atoms with van der Waals surface area (Å²) in [4.78, 5) is 31.5. The van der Waals surface area contributed by atoms with Crippen molar-refractivity contribution < 1.29 is 9.59 Å². The smallest absolute Gasteiger partial charge is 0.283 e. The van der Waals surface area contributed by atoms with Crippen LogP contribution < -0.4 is 4.90 Å². The minimum absolute atomic E-state index is 0.278. The minimum atomic E-state index is -0.340. The third-order valence-electron chi connectivity index (χ3n) is 5.05. The maximum atomic E-state index is 13.5. The first-order chi connectivity index (χ1) is 14.1. The molecule has 0 saturated carbocycles. The van der Waals surface area contributed by atoms with E-state index in [1.165, 1.54) is 16.7 Å². The van der Waals surface area contributed by atoms with Crippen LogP contribution in [0.1, 0.15) is 25.7 Å². The van der Waals surface area contributed by atoms with Crippen LogP contribution in [-0.2, 0) is 9.59 Å². The molecule has 7 heteroatoms. The predicted molar refractivity (Wildman–Crippen MR) is 118 cm³/mol. The number of rotatable bonds is 4. The molecule has 1 fully saturated rings. The molecule has 4 rings (SSSR count). The van der Waals surface area contributed by atoms with Crippen LogP contribution in [0.3, 0.4) is 0 Å². The maximum Gasteiger partial charge on any atom is 0.283 e. The largest absolute Gasteiger partial charge is 0.366 e. The van der Waals surface area contributed by atoms with Gasteiger partial charge in [0.15, 0.2) is 0 Å². The number of halogens is 2. The zero-order valence-electron chi connectivity index (χ0n) is 15.7. The molecule has 0 atom stereocenters. The molecule has 2 heterocycles. The molecule has 29 heavy (non-hydrogen) atoms. The molecular formula is C22H20Cl2N2O2S. The Balaban J connectivity index is 1.76. The Morgan fingerprint density at radius 2 is 1.52 bits per heavy atom. The van der Waals surface area contributed by atoms with Crippen molar-refractivity contribution in [2.45, 2.75) is 30.6 Å². The van der Waals surface area contributed by atoms with E-state index in [4.69, 9.17) is 23.2 Å². The fourth-order valence-electron chi connectivity index (χ4n) is 3.65. The summed E-state index contributed by atoms with van der Waals surface area (Å²) < 4.78 is 0. The van der Waals surface area contributed by atoms with E-state index < -0.39 is 0 Å². The third kappa shape index (κ3) is 4.18. The second kappa shape index (κ2) is 8.82. The van der Waals surface area contributed by atoms with E-state index in [0.717, 1.165) is 43.7 Å². The molecule has 0 spiro atoms. The number of hydrogen-bond acceptors (Lipinski definition) is 4. The lowest BCUT2D eigenvalue weighted by molar-refractivity contribution is -0.121. The van der Waals surface area contributed by atoms with Crippen LogP contribution in [0.15, 0.2) is 64.0 Å². The van der Waals surface area contributed by atoms with Crippen molar-refractivity contribution in [1.29, 1.82) is 0 Å². The zero-order valence-corrected chi connectivity index (χ0v) is 18.1. The Labute approximate surface area is 184 Å². The van der Waals surface area contributed by atoms with E-state index >= 15 is 0 Å². The van der Waals surface area contributed by atoms with Crippen molar-refractivity contribution in [1.82, 2.24) is 4.90 Å². The number of hydrogen-bond donors (Lipinski definition) is 0. The number of benzene rings is 2. The number of thioether (sulfide) groups is 1. The summed E-state index contributed by atoms with van der Waals surface area (Å²) in [6.45, 7) is 1.55. The minimum Gasteiger partial charge on any atom is -0.366 e. The van der Waals surface area contributed by atoms with Crippen molar-refractivity contribution >= 4 is 52.5 Å². The lowest BCUT2D eigenvalue weighted by Gasteiger charge is -2.24. The van der Waals surface area contributed by atoms with E-state index in [2.05, 4.69) is 4.90 Å². The summed E-state index contributed by atoms with van der Waals surface area (Å²) in [6.07, 6.45) is 4.30. The summed E-state index contributed by atoms with van der Waals surface area (Å²) >= 11 is 13.7. The molecule has 4 nitrogen and oxygen atoms in total. The van der Waals surface area contributed by atoms with Crippen LogP contribution in [0.2, 0.25) is 10.0 Å². The van der Waals surface area contributed by atoms with Gasteiger partial charge in [0.05, 0.1) is 10.7 Å². The predicted octanol–water partition coefficient (Wildman–Crippen LogP) is 5.75. The van der Waals surface area contributed by atoms with E-state index in [1.807, 2.05) is 30.3 Å². The van der Waals surface area contributed by atoms with E-state index in [1.54, 1.807) is 18.2 Å². The lowest BCUT2D eigenvalue weighted by Crippen LogP contribution is -2.35. The highest BCUT2D eigenvalue weighted by Crippen LogP contribution is 2.41. The van der Waals surface area contributed by atoms with Crippen LogP contribution in [0.5, 0.6) is 0 Å². The monoisotopic (exact) mass is 446 g/mol. The van der Waals surface area contributed by atoms with Gasteiger partial charge >= 0.3 is 0 Å². The van der Waals surface area contributed by atoms with Gasteiger partial charge in [0, 0.05) is 23.0 Å². The first kappa shape index (κ1) is 20.3. The highest BCUT2D eigenvalue weighted by atomic mass is 35.5. The van der Waals surface area contributed by atoms with Crippen LogP contribution >= 0.6 is 35.0 Å². The standard InChI is InChI=1S/C22H20Cl2N2O2S/c23-15-10-11-18(17(24)14-15)26-21(27)19(25-12-6-1-2-7-13-25)20(22(26)28)29-16-8-4-3-5-9-16/h3-5,8-11,14H,1-2,6-7,12-13H2. The highest BCUT2D eigenvalue weighted by molar-refractivity contribution is 8.04. The number of nitrogens with zero attached hydrogens (tertiary/aromatic N) is 2. The SMILES string of the molecule is O=C1C(Sc2ccccc2)=C(N2CCCCCC2)C(=O)N1c1ccc(Cl)cc1Cl. The Bertz CT molecular complexity index is 970. The van der Waals surface area contributed by atoms with Crippen molar-refractivity contribution in [3.05, 3.63) is 69.2 Å². The van der Waals surface area contributed by atoms with Gasteiger partial charge in [0.2, 0.25) is 0 Å². The van der Waals surface area contributed by atoms with Crippen LogP contribution in [0.4, 0.5) is 5.69 Å². The van der Waals surface area contributed by atoms with Crippen molar-refractivity contribution in [2.24, 2.45) is 0 Å². The molecule has 1 saturated heterocycles. The van der Waals surface area contributed by atoms with Gasteiger partial charge in [-0.1, -0.05) is 66.0 Å². The second-order valence-corrected chi connectivity index (χ2v) is 8.96. The summed E-state index contributed by atoms with van der Waals surface area (Å²) in [5.41, 5.74) is 0.846. The average Bonchev–Trinajstić information content (AvgIpc) is 2.89. The third-order valence-corrected chi connectivity index (χ3v) is 6.67. The molecule has 2 aromatic rings. The molecule has 0 aromatic heterocycles. The van der Waals surface area contributed by atoms with Gasteiger partial charge in [-0.05, 0) is 43.2 Å². The van der Waals surface area contributed by atoms with Gasteiger partial charge in [0.1, 0.15) is 10.6 Å². The Morgan fingerprint density at radius 1 is 0.828 bits per heavy atom. The molecule has 0 aliphatic carbocycles. The average molecular weight is 447 g/mol. The fraction of sp³-hybridized carbons (Fsp3) is 0.273. The second-order valence-electron chi connectivity index (χ2n) is 7.04. The molecule has 0 radical (unpaired) electrons. The fourth-order valence-corrected chi connectivity index (χ4v) is 5.16. The van der Waals surface area contributed by atoms with Crippen LogP contribution in [0, 0.1) is 0 Å². The molecule has 2 aliphatic heterocycles. The number of carbonyl (C=O) groups excluding carboxylic acids is 2. The van der Waals surface area contributed by atoms with E-state index in [9.17, 15) is 9.59 Å². The summed E-state index contributed by atoms with van der Waals surface area (Å²) in [6, 6.07) is 14.4. The zero-order chi connectivity index (χ0) is 20.4. The summed E-state index contributed by atoms with van der Waals surface area (Å²) in [5.74, 6) is -0.660. The first-order valence-corrected chi connectivity index (χ1v) is 11.2. The van der Waals surface area contributed by atoms with Gasteiger partial charge in [-0.15, -0.1) is 0 Å². The Hall–Kier alpha value is -1.95. The normalized spacial score (nSPS) is 17.9. The molecular weight excluding hydrogens is 427 g/mol. The van der Waals surface area contributed by atoms with Gasteiger partial charge in [-0.3, -0.25) is 9.59 Å². The number of imide groups is 1. The lowest BCUT2D eigenvalue weighted by atomic mass is 10.2. The molecule has 2 aliphatic rings. The topological polar surface area (TPSA) is 40.6 Å². The molecule has 2 amide bonds. The van der Waals surface area contributed by atoms with Gasteiger partial charge in [0.25, 0.3) is 11.8 Å². The Kier molecular flexibility index (Phi) is 6.18. The molecule has 0 bridgehead atoms. The quantitative estimate of drug-likeness (QED) is 0.560. The number of amides is 2. The number of anilines is 1. The molecule has 0 N–H and O–H groups in total.